The van der Waals surface area contributed by atoms with Gasteiger partial charge in [0.25, 0.3) is 0 Å². The molecule has 1 fully saturated rings. The van der Waals surface area contributed by atoms with Crippen LogP contribution >= 0.6 is 7.75 Å². The minimum atomic E-state index is -4.42. The second-order valence-electron chi connectivity index (χ2n) is 11.4. The molecule has 248 valence electrons. The predicted octanol–water partition coefficient (Wildman–Crippen LogP) is 3.29. The number of carbonyl (C=O) groups excluding carboxylic acids is 1. The number of nitrogens with two attached hydrogens (primary N) is 1. The molecule has 15 heteroatoms. The van der Waals surface area contributed by atoms with Crippen LogP contribution in [0.1, 0.15) is 37.9 Å². The zero-order valence-electron chi connectivity index (χ0n) is 25.9. The SMILES string of the molecule is CC(C)OC(=O)[C@H](Cc1ccccc1)NP(=O)(Oc1ccccc1)O[C@@H]1CC[C@@H](O)[C@@H](O)[C@](C#N)(c2ccc3c(N)ncnn23)OC1. The molecule has 2 aromatic carbocycles. The van der Waals surface area contributed by atoms with E-state index in [1.807, 2.05) is 36.4 Å². The van der Waals surface area contributed by atoms with Gasteiger partial charge in [-0.05, 0) is 62.9 Å². The second-order valence-corrected chi connectivity index (χ2v) is 13.0. The molecule has 3 heterocycles. The molecule has 0 spiro atoms. The van der Waals surface area contributed by atoms with Gasteiger partial charge in [0.2, 0.25) is 5.60 Å². The van der Waals surface area contributed by atoms with Crippen LogP contribution < -0.4 is 15.3 Å². The summed E-state index contributed by atoms with van der Waals surface area (Å²) >= 11 is 0. The molecule has 1 aliphatic rings. The molecule has 4 aromatic rings. The lowest BCUT2D eigenvalue weighted by Crippen LogP contribution is -2.51. The summed E-state index contributed by atoms with van der Waals surface area (Å²) in [5.41, 5.74) is 5.07. The van der Waals surface area contributed by atoms with E-state index in [1.54, 1.807) is 50.2 Å². The number of nitrogens with one attached hydrogen (secondary N) is 1. The summed E-state index contributed by atoms with van der Waals surface area (Å²) in [5.74, 6) is -0.334. The normalized spacial score (nSPS) is 23.6. The van der Waals surface area contributed by atoms with E-state index in [-0.39, 0.29) is 43.1 Å². The first-order valence-electron chi connectivity index (χ1n) is 15.1. The average Bonchev–Trinajstić information content (AvgIpc) is 3.49. The topological polar surface area (TPSA) is 204 Å². The molecular formula is C32H37N6O8P. The number of benzene rings is 2. The number of aliphatic hydroxyl groups excluding tert-OH is 2. The number of hydrogen-bond acceptors (Lipinski definition) is 12. The van der Waals surface area contributed by atoms with Crippen molar-refractivity contribution in [3.8, 4) is 11.8 Å². The van der Waals surface area contributed by atoms with Gasteiger partial charge in [0, 0.05) is 0 Å². The highest BCUT2D eigenvalue weighted by Crippen LogP contribution is 2.48. The fourth-order valence-electron chi connectivity index (χ4n) is 5.31. The van der Waals surface area contributed by atoms with E-state index in [1.165, 1.54) is 16.9 Å². The zero-order chi connectivity index (χ0) is 33.6. The van der Waals surface area contributed by atoms with Crippen molar-refractivity contribution in [2.75, 3.05) is 12.3 Å². The number of esters is 1. The number of rotatable bonds is 11. The summed E-state index contributed by atoms with van der Waals surface area (Å²) in [7, 11) is -4.42. The molecule has 2 aromatic heterocycles. The molecule has 0 radical (unpaired) electrons. The van der Waals surface area contributed by atoms with Crippen molar-refractivity contribution in [1.29, 1.82) is 5.26 Å². The van der Waals surface area contributed by atoms with Gasteiger partial charge in [-0.25, -0.2) is 14.1 Å². The number of carbonyl (C=O) groups is 1. The van der Waals surface area contributed by atoms with Crippen molar-refractivity contribution in [2.24, 2.45) is 0 Å². The maximum Gasteiger partial charge on any atom is 0.459 e. The van der Waals surface area contributed by atoms with E-state index in [2.05, 4.69) is 15.2 Å². The summed E-state index contributed by atoms with van der Waals surface area (Å²) in [5, 5.41) is 39.6. The van der Waals surface area contributed by atoms with Crippen LogP contribution in [0, 0.1) is 11.3 Å². The Morgan fingerprint density at radius 1 is 1.15 bits per heavy atom. The monoisotopic (exact) mass is 664 g/mol. The third-order valence-corrected chi connectivity index (χ3v) is 9.24. The predicted molar refractivity (Wildman–Crippen MR) is 170 cm³/mol. The van der Waals surface area contributed by atoms with Crippen LogP contribution in [0.25, 0.3) is 5.52 Å². The number of anilines is 1. The molecule has 5 rings (SSSR count). The Bertz CT molecular complexity index is 1750. The molecule has 1 saturated heterocycles. The maximum absolute atomic E-state index is 14.6. The van der Waals surface area contributed by atoms with Gasteiger partial charge in [-0.15, -0.1) is 0 Å². The molecule has 5 N–H and O–H groups in total. The van der Waals surface area contributed by atoms with Crippen LogP contribution in [0.4, 0.5) is 5.82 Å². The van der Waals surface area contributed by atoms with Crippen LogP contribution in [-0.4, -0.2) is 67.8 Å². The number of fused-ring (bicyclic) bond motifs is 1. The molecule has 1 unspecified atom stereocenters. The zero-order valence-corrected chi connectivity index (χ0v) is 26.8. The third kappa shape index (κ3) is 7.80. The Hall–Kier alpha value is -4.35. The van der Waals surface area contributed by atoms with Gasteiger partial charge in [0.1, 0.15) is 35.8 Å². The van der Waals surface area contributed by atoms with E-state index in [9.17, 15) is 24.8 Å². The fourth-order valence-corrected chi connectivity index (χ4v) is 7.00. The molecule has 47 heavy (non-hydrogen) atoms. The van der Waals surface area contributed by atoms with E-state index in [4.69, 9.17) is 24.3 Å². The first-order chi connectivity index (χ1) is 22.5. The number of hydrogen-bond donors (Lipinski definition) is 4. The van der Waals surface area contributed by atoms with Gasteiger partial charge < -0.3 is 29.9 Å². The smallest absolute Gasteiger partial charge is 0.459 e. The van der Waals surface area contributed by atoms with Gasteiger partial charge >= 0.3 is 13.7 Å². The third-order valence-electron chi connectivity index (χ3n) is 7.58. The average molecular weight is 665 g/mol. The number of nitrogen functional groups attached to an aromatic ring is 1. The van der Waals surface area contributed by atoms with Crippen LogP contribution in [0.5, 0.6) is 5.75 Å². The van der Waals surface area contributed by atoms with Gasteiger partial charge in [-0.2, -0.15) is 15.4 Å². The molecular weight excluding hydrogens is 627 g/mol. The Kier molecular flexibility index (Phi) is 10.6. The van der Waals surface area contributed by atoms with Crippen LogP contribution in [0.15, 0.2) is 79.1 Å². The highest BCUT2D eigenvalue weighted by molar-refractivity contribution is 7.52. The van der Waals surface area contributed by atoms with E-state index in [0.29, 0.717) is 5.52 Å². The summed E-state index contributed by atoms with van der Waals surface area (Å²) in [6.45, 7) is 3.04. The largest absolute Gasteiger partial charge is 0.462 e. The van der Waals surface area contributed by atoms with Gasteiger partial charge in [0.15, 0.2) is 5.82 Å². The fraction of sp³-hybridized carbons (Fsp3) is 0.375. The number of ether oxygens (including phenoxy) is 2. The van der Waals surface area contributed by atoms with Gasteiger partial charge in [-0.3, -0.25) is 9.32 Å². The van der Waals surface area contributed by atoms with Gasteiger partial charge in [0.05, 0.1) is 30.6 Å². The molecule has 1 aliphatic heterocycles. The molecule has 14 nitrogen and oxygen atoms in total. The standard InChI is InChI=1S/C32H37N6O8P/c1-21(2)44-31(41)25(17-22-9-5-3-6-10-22)37-47(42,45-23-11-7-4-8-12-23)46-24-13-15-27(39)29(40)32(19-33,43-18-24)28-16-14-26-30(34)35-20-36-38(26)28/h3-12,14,16,20-21,24-25,27,29,39-40H,13,15,17-18H2,1-2H3,(H,37,42)(H2,34,35,36)/t24-,25+,27-,29-,32+,47?/m1/s1. The summed E-state index contributed by atoms with van der Waals surface area (Å²) in [6, 6.07) is 21.3. The van der Waals surface area contributed by atoms with Crippen molar-refractivity contribution in [2.45, 2.75) is 69.2 Å². The van der Waals surface area contributed by atoms with Gasteiger partial charge in [-0.1, -0.05) is 48.5 Å². The van der Waals surface area contributed by atoms with Crippen LogP contribution in [0.2, 0.25) is 0 Å². The number of para-hydroxylation sites is 1. The number of nitriles is 1. The first-order valence-corrected chi connectivity index (χ1v) is 16.6. The summed E-state index contributed by atoms with van der Waals surface area (Å²) in [6.07, 6.45) is -3.37. The summed E-state index contributed by atoms with van der Waals surface area (Å²) in [4.78, 5) is 17.2. The lowest BCUT2D eigenvalue weighted by Gasteiger charge is -2.38. The lowest BCUT2D eigenvalue weighted by molar-refractivity contribution is -0.164. The van der Waals surface area contributed by atoms with E-state index >= 15 is 0 Å². The van der Waals surface area contributed by atoms with E-state index < -0.39 is 49.8 Å². The van der Waals surface area contributed by atoms with Crippen LogP contribution in [0.3, 0.4) is 0 Å². The molecule has 0 amide bonds. The summed E-state index contributed by atoms with van der Waals surface area (Å²) < 4.78 is 39.5. The van der Waals surface area contributed by atoms with E-state index in [0.717, 1.165) is 5.56 Å². The van der Waals surface area contributed by atoms with Crippen molar-refractivity contribution in [1.82, 2.24) is 19.7 Å². The lowest BCUT2D eigenvalue weighted by atomic mass is 9.87. The van der Waals surface area contributed by atoms with Crippen LogP contribution in [-0.2, 0) is 35.4 Å². The first kappa shape index (κ1) is 34.0. The Morgan fingerprint density at radius 2 is 1.85 bits per heavy atom. The Balaban J connectivity index is 1.47. The van der Waals surface area contributed by atoms with Crippen molar-refractivity contribution in [3.05, 3.63) is 90.4 Å². The molecule has 0 aliphatic carbocycles. The molecule has 0 saturated carbocycles. The molecule has 6 atom stereocenters. The Labute approximate surface area is 271 Å². The molecule has 0 bridgehead atoms. The second kappa shape index (κ2) is 14.6. The van der Waals surface area contributed by atoms with Crippen molar-refractivity contribution in [3.63, 3.8) is 0 Å². The highest BCUT2D eigenvalue weighted by Gasteiger charge is 2.50. The number of nitrogens with zero attached hydrogens (tertiary/aromatic N) is 4. The minimum Gasteiger partial charge on any atom is -0.462 e. The maximum atomic E-state index is 14.6. The minimum absolute atomic E-state index is 0.0490. The highest BCUT2D eigenvalue weighted by atomic mass is 31.2. The number of aliphatic hydroxyl groups is 2. The quantitative estimate of drug-likeness (QED) is 0.134. The Morgan fingerprint density at radius 3 is 2.53 bits per heavy atom. The number of aromatic nitrogens is 3. The van der Waals surface area contributed by atoms with Crippen molar-refractivity contribution >= 4 is 25.1 Å². The van der Waals surface area contributed by atoms with Crippen molar-refractivity contribution < 1.29 is 38.1 Å².